The Balaban J connectivity index is 1.69. The maximum absolute atomic E-state index is 13.4. The molecule has 2 heterocycles. The molecule has 2 aromatic rings. The van der Waals surface area contributed by atoms with Crippen LogP contribution in [0.4, 0.5) is 20.6 Å². The molecule has 3 rings (SSSR count). The number of piperidine rings is 1. The van der Waals surface area contributed by atoms with Crippen molar-refractivity contribution in [2.45, 2.75) is 52.3 Å². The van der Waals surface area contributed by atoms with Crippen LogP contribution < -0.4 is 15.5 Å². The Morgan fingerprint density at radius 1 is 1.32 bits per heavy atom. The van der Waals surface area contributed by atoms with E-state index >= 15 is 0 Å². The van der Waals surface area contributed by atoms with Gasteiger partial charge in [0.25, 0.3) is 0 Å². The lowest BCUT2D eigenvalue weighted by molar-refractivity contribution is 0.0495. The predicted molar refractivity (Wildman–Crippen MR) is 122 cm³/mol. The summed E-state index contributed by atoms with van der Waals surface area (Å²) in [6.07, 6.45) is 4.02. The number of benzene rings is 1. The van der Waals surface area contributed by atoms with Crippen LogP contribution in [0.2, 0.25) is 5.02 Å². The van der Waals surface area contributed by atoms with E-state index in [0.717, 1.165) is 29.9 Å². The summed E-state index contributed by atoms with van der Waals surface area (Å²) >= 11 is 5.89. The zero-order valence-electron chi connectivity index (χ0n) is 18.4. The quantitative estimate of drug-likeness (QED) is 0.655. The number of amides is 1. The van der Waals surface area contributed by atoms with Crippen LogP contribution in [0, 0.1) is 11.7 Å². The van der Waals surface area contributed by atoms with Crippen LogP contribution in [-0.4, -0.2) is 35.8 Å². The van der Waals surface area contributed by atoms with Crippen molar-refractivity contribution in [1.82, 2.24) is 10.3 Å². The van der Waals surface area contributed by atoms with Crippen molar-refractivity contribution in [3.8, 4) is 0 Å². The third-order valence-electron chi connectivity index (χ3n) is 4.99. The van der Waals surface area contributed by atoms with Gasteiger partial charge in [0, 0.05) is 31.9 Å². The number of rotatable bonds is 5. The zero-order chi connectivity index (χ0) is 22.6. The summed E-state index contributed by atoms with van der Waals surface area (Å²) in [5, 5.41) is 6.49. The molecule has 1 saturated heterocycles. The second-order valence-electron chi connectivity index (χ2n) is 9.08. The largest absolute Gasteiger partial charge is 0.444 e. The minimum Gasteiger partial charge on any atom is -0.444 e. The fourth-order valence-electron chi connectivity index (χ4n) is 3.77. The molecule has 0 aliphatic carbocycles. The normalized spacial score (nSPS) is 19.1. The summed E-state index contributed by atoms with van der Waals surface area (Å²) in [5.74, 6) is -0.0380. The van der Waals surface area contributed by atoms with Gasteiger partial charge in [-0.2, -0.15) is 0 Å². The van der Waals surface area contributed by atoms with Crippen molar-refractivity contribution in [3.05, 3.63) is 53.1 Å². The molecule has 1 aliphatic heterocycles. The molecule has 0 saturated carbocycles. The summed E-state index contributed by atoms with van der Waals surface area (Å²) < 4.78 is 18.8. The number of alkyl carbamates (subject to hydrolysis) is 1. The van der Waals surface area contributed by atoms with Crippen LogP contribution in [0.5, 0.6) is 0 Å². The summed E-state index contributed by atoms with van der Waals surface area (Å²) in [6.45, 7) is 9.76. The van der Waals surface area contributed by atoms with Gasteiger partial charge in [-0.25, -0.2) is 9.18 Å². The lowest BCUT2D eigenvalue weighted by atomic mass is 9.95. The summed E-state index contributed by atoms with van der Waals surface area (Å²) in [7, 11) is 0. The molecule has 0 unspecified atom stereocenters. The summed E-state index contributed by atoms with van der Waals surface area (Å²) in [5.41, 5.74) is 2.21. The standard InChI is InChI=1S/C23H30ClFN4O2/c1-15-9-17(28-22(30)31-23(2,3)4)14-29(13-15)21-7-8-26-12-20(21)27-11-16-5-6-19(25)18(24)10-16/h5-8,10,12,15,17,27H,9,11,13-14H2,1-4H3,(H,28,30)/t15-,17+/m1/s1. The second-order valence-corrected chi connectivity index (χ2v) is 9.49. The molecule has 168 valence electrons. The molecule has 1 amide bonds. The van der Waals surface area contributed by atoms with Gasteiger partial charge in [0.2, 0.25) is 0 Å². The Kier molecular flexibility index (Phi) is 7.26. The monoisotopic (exact) mass is 448 g/mol. The van der Waals surface area contributed by atoms with Crippen molar-refractivity contribution in [1.29, 1.82) is 0 Å². The molecule has 8 heteroatoms. The Bertz CT molecular complexity index is 919. The SMILES string of the molecule is C[C@@H]1C[C@H](NC(=O)OC(C)(C)C)CN(c2ccncc2NCc2ccc(F)c(Cl)c2)C1. The molecule has 1 fully saturated rings. The number of hydrogen-bond donors (Lipinski definition) is 2. The minimum absolute atomic E-state index is 0.0180. The predicted octanol–water partition coefficient (Wildman–Crippen LogP) is 5.23. The number of ether oxygens (including phenoxy) is 1. The molecule has 0 bridgehead atoms. The molecule has 6 nitrogen and oxygen atoms in total. The molecule has 1 aromatic heterocycles. The lowest BCUT2D eigenvalue weighted by Gasteiger charge is -2.39. The fourth-order valence-corrected chi connectivity index (χ4v) is 3.98. The van der Waals surface area contributed by atoms with Crippen LogP contribution in [0.25, 0.3) is 0 Å². The van der Waals surface area contributed by atoms with E-state index in [0.29, 0.717) is 19.0 Å². The van der Waals surface area contributed by atoms with Crippen LogP contribution in [-0.2, 0) is 11.3 Å². The average molecular weight is 449 g/mol. The highest BCUT2D eigenvalue weighted by Gasteiger charge is 2.28. The number of anilines is 2. The van der Waals surface area contributed by atoms with Crippen LogP contribution in [0.15, 0.2) is 36.7 Å². The van der Waals surface area contributed by atoms with Crippen molar-refractivity contribution >= 4 is 29.1 Å². The molecule has 0 spiro atoms. The number of pyridine rings is 1. The summed E-state index contributed by atoms with van der Waals surface area (Å²) in [6, 6.07) is 6.62. The Labute approximate surface area is 188 Å². The number of nitrogens with zero attached hydrogens (tertiary/aromatic N) is 2. The van der Waals surface area contributed by atoms with Gasteiger partial charge in [0.1, 0.15) is 11.4 Å². The maximum atomic E-state index is 13.4. The van der Waals surface area contributed by atoms with E-state index in [1.165, 1.54) is 6.07 Å². The van der Waals surface area contributed by atoms with Gasteiger partial charge in [-0.15, -0.1) is 0 Å². The molecule has 1 aromatic carbocycles. The minimum atomic E-state index is -0.532. The van der Waals surface area contributed by atoms with Gasteiger partial charge < -0.3 is 20.3 Å². The highest BCUT2D eigenvalue weighted by Crippen LogP contribution is 2.30. The van der Waals surface area contributed by atoms with Gasteiger partial charge in [0.15, 0.2) is 0 Å². The first-order valence-electron chi connectivity index (χ1n) is 10.5. The molecular weight excluding hydrogens is 419 g/mol. The third-order valence-corrected chi connectivity index (χ3v) is 5.28. The van der Waals surface area contributed by atoms with E-state index in [-0.39, 0.29) is 11.1 Å². The van der Waals surface area contributed by atoms with Gasteiger partial charge in [0.05, 0.1) is 22.6 Å². The van der Waals surface area contributed by atoms with E-state index in [1.807, 2.05) is 26.8 Å². The molecule has 31 heavy (non-hydrogen) atoms. The number of aromatic nitrogens is 1. The van der Waals surface area contributed by atoms with Gasteiger partial charge in [-0.05, 0) is 56.9 Å². The maximum Gasteiger partial charge on any atom is 0.407 e. The topological polar surface area (TPSA) is 66.5 Å². The fraction of sp³-hybridized carbons (Fsp3) is 0.478. The molecule has 0 radical (unpaired) electrons. The number of carbonyl (C=O) groups is 1. The van der Waals surface area contributed by atoms with Gasteiger partial charge in [-0.3, -0.25) is 4.98 Å². The highest BCUT2D eigenvalue weighted by atomic mass is 35.5. The first-order valence-corrected chi connectivity index (χ1v) is 10.8. The Hall–Kier alpha value is -2.54. The van der Waals surface area contributed by atoms with Crippen molar-refractivity contribution < 1.29 is 13.9 Å². The van der Waals surface area contributed by atoms with E-state index in [9.17, 15) is 9.18 Å². The molecular formula is C23H30ClFN4O2. The smallest absolute Gasteiger partial charge is 0.407 e. The van der Waals surface area contributed by atoms with E-state index in [2.05, 4.69) is 27.4 Å². The first kappa shape index (κ1) is 23.1. The number of halogens is 2. The first-order chi connectivity index (χ1) is 14.6. The van der Waals surface area contributed by atoms with Crippen LogP contribution >= 0.6 is 11.6 Å². The van der Waals surface area contributed by atoms with Crippen molar-refractivity contribution in [2.75, 3.05) is 23.3 Å². The molecule has 2 N–H and O–H groups in total. The van der Waals surface area contributed by atoms with Crippen molar-refractivity contribution in [3.63, 3.8) is 0 Å². The van der Waals surface area contributed by atoms with Gasteiger partial charge >= 0.3 is 6.09 Å². The highest BCUT2D eigenvalue weighted by molar-refractivity contribution is 6.30. The van der Waals surface area contributed by atoms with E-state index < -0.39 is 17.5 Å². The third kappa shape index (κ3) is 6.72. The lowest BCUT2D eigenvalue weighted by Crippen LogP contribution is -2.51. The van der Waals surface area contributed by atoms with Crippen molar-refractivity contribution in [2.24, 2.45) is 5.92 Å². The number of nitrogens with one attached hydrogen (secondary N) is 2. The summed E-state index contributed by atoms with van der Waals surface area (Å²) in [4.78, 5) is 18.7. The average Bonchev–Trinajstić information content (AvgIpc) is 2.67. The zero-order valence-corrected chi connectivity index (χ0v) is 19.2. The molecule has 1 aliphatic rings. The Morgan fingerprint density at radius 3 is 2.81 bits per heavy atom. The number of hydrogen-bond acceptors (Lipinski definition) is 5. The number of carbonyl (C=O) groups excluding carboxylic acids is 1. The van der Waals surface area contributed by atoms with E-state index in [1.54, 1.807) is 24.5 Å². The second kappa shape index (κ2) is 9.73. The van der Waals surface area contributed by atoms with Crippen LogP contribution in [0.1, 0.15) is 39.7 Å². The Morgan fingerprint density at radius 2 is 2.10 bits per heavy atom. The van der Waals surface area contributed by atoms with Crippen LogP contribution in [0.3, 0.4) is 0 Å². The van der Waals surface area contributed by atoms with Gasteiger partial charge in [-0.1, -0.05) is 24.6 Å². The molecule has 2 atom stereocenters. The van der Waals surface area contributed by atoms with E-state index in [4.69, 9.17) is 16.3 Å².